The lowest BCUT2D eigenvalue weighted by atomic mass is 9.89. The molecule has 16 heavy (non-hydrogen) atoms. The molecule has 3 nitrogen and oxygen atoms in total. The van der Waals surface area contributed by atoms with E-state index in [0.29, 0.717) is 12.3 Å². The highest BCUT2D eigenvalue weighted by Crippen LogP contribution is 2.51. The summed E-state index contributed by atoms with van der Waals surface area (Å²) < 4.78 is 5.20. The average Bonchev–Trinajstić information content (AvgIpc) is 3.05. The second kappa shape index (κ2) is 3.67. The van der Waals surface area contributed by atoms with Crippen LogP contribution >= 0.6 is 0 Å². The van der Waals surface area contributed by atoms with Crippen LogP contribution in [0.4, 0.5) is 0 Å². The Morgan fingerprint density at radius 3 is 2.44 bits per heavy atom. The number of phenols is 1. The molecule has 0 atom stereocenters. The van der Waals surface area contributed by atoms with E-state index < -0.39 is 0 Å². The Balaban J connectivity index is 2.57. The molecular formula is C13H19NO2. The van der Waals surface area contributed by atoms with E-state index in [9.17, 15) is 5.11 Å². The monoisotopic (exact) mass is 221 g/mol. The Labute approximate surface area is 96.2 Å². The number of methoxy groups -OCH3 is 1. The van der Waals surface area contributed by atoms with Gasteiger partial charge in [0.1, 0.15) is 0 Å². The van der Waals surface area contributed by atoms with Gasteiger partial charge in [-0.15, -0.1) is 0 Å². The molecule has 0 bridgehead atoms. The fourth-order valence-electron chi connectivity index (χ4n) is 2.42. The molecule has 2 rings (SSSR count). The first-order chi connectivity index (χ1) is 7.55. The van der Waals surface area contributed by atoms with Gasteiger partial charge in [-0.05, 0) is 49.4 Å². The van der Waals surface area contributed by atoms with Crippen molar-refractivity contribution in [2.75, 3.05) is 13.7 Å². The smallest absolute Gasteiger partial charge is 0.163 e. The van der Waals surface area contributed by atoms with Crippen LogP contribution in [0, 0.1) is 13.8 Å². The Hall–Kier alpha value is -1.22. The van der Waals surface area contributed by atoms with Crippen molar-refractivity contribution < 1.29 is 9.84 Å². The van der Waals surface area contributed by atoms with Crippen LogP contribution in [0.5, 0.6) is 11.5 Å². The summed E-state index contributed by atoms with van der Waals surface area (Å²) in [5.41, 5.74) is 9.33. The normalized spacial score (nSPS) is 17.2. The average molecular weight is 221 g/mol. The summed E-state index contributed by atoms with van der Waals surface area (Å²) in [4.78, 5) is 0. The minimum atomic E-state index is 0.110. The van der Waals surface area contributed by atoms with Crippen molar-refractivity contribution in [2.24, 2.45) is 5.73 Å². The maximum absolute atomic E-state index is 9.92. The number of phenolic OH excluding ortho intramolecular Hbond substituents is 1. The second-order valence-electron chi connectivity index (χ2n) is 4.71. The van der Waals surface area contributed by atoms with E-state index in [2.05, 4.69) is 6.92 Å². The van der Waals surface area contributed by atoms with E-state index in [0.717, 1.165) is 18.4 Å². The molecule has 0 spiro atoms. The Bertz CT molecular complexity index is 422. The highest BCUT2D eigenvalue weighted by atomic mass is 16.5. The molecule has 1 fully saturated rings. The van der Waals surface area contributed by atoms with Crippen LogP contribution in [-0.4, -0.2) is 18.8 Å². The fourth-order valence-corrected chi connectivity index (χ4v) is 2.42. The van der Waals surface area contributed by atoms with Crippen LogP contribution in [-0.2, 0) is 5.41 Å². The van der Waals surface area contributed by atoms with Crippen molar-refractivity contribution in [3.63, 3.8) is 0 Å². The molecule has 1 aliphatic carbocycles. The molecule has 88 valence electrons. The molecule has 3 heteroatoms. The second-order valence-corrected chi connectivity index (χ2v) is 4.71. The highest BCUT2D eigenvalue weighted by Gasteiger charge is 2.44. The van der Waals surface area contributed by atoms with Crippen LogP contribution in [0.25, 0.3) is 0 Å². The van der Waals surface area contributed by atoms with Gasteiger partial charge in [0, 0.05) is 12.0 Å². The predicted molar refractivity (Wildman–Crippen MR) is 64.1 cm³/mol. The summed E-state index contributed by atoms with van der Waals surface area (Å²) in [7, 11) is 1.58. The van der Waals surface area contributed by atoms with Gasteiger partial charge in [-0.2, -0.15) is 0 Å². The zero-order valence-electron chi connectivity index (χ0n) is 10.1. The summed E-state index contributed by atoms with van der Waals surface area (Å²) in [6.45, 7) is 4.70. The Morgan fingerprint density at radius 1 is 1.38 bits per heavy atom. The van der Waals surface area contributed by atoms with Gasteiger partial charge in [0.2, 0.25) is 0 Å². The maximum Gasteiger partial charge on any atom is 0.163 e. The molecule has 0 aromatic heterocycles. The summed E-state index contributed by atoms with van der Waals surface area (Å²) >= 11 is 0. The minimum Gasteiger partial charge on any atom is -0.504 e. The number of hydrogen-bond donors (Lipinski definition) is 2. The number of aromatic hydroxyl groups is 1. The van der Waals surface area contributed by atoms with E-state index in [4.69, 9.17) is 10.5 Å². The summed E-state index contributed by atoms with van der Waals surface area (Å²) in [6, 6.07) is 1.82. The van der Waals surface area contributed by atoms with Crippen molar-refractivity contribution in [3.05, 3.63) is 22.8 Å². The topological polar surface area (TPSA) is 55.5 Å². The fraction of sp³-hybridized carbons (Fsp3) is 0.538. The van der Waals surface area contributed by atoms with Gasteiger partial charge in [-0.25, -0.2) is 0 Å². The van der Waals surface area contributed by atoms with Crippen LogP contribution in [0.2, 0.25) is 0 Å². The van der Waals surface area contributed by atoms with Gasteiger partial charge < -0.3 is 15.6 Å². The molecule has 0 saturated heterocycles. The largest absolute Gasteiger partial charge is 0.504 e. The summed E-state index contributed by atoms with van der Waals surface area (Å²) in [5, 5.41) is 9.92. The van der Waals surface area contributed by atoms with E-state index in [1.807, 2.05) is 13.0 Å². The third kappa shape index (κ3) is 1.47. The predicted octanol–water partition coefficient (Wildman–Crippen LogP) is 2.01. The Kier molecular flexibility index (Phi) is 2.58. The number of nitrogens with two attached hydrogens (primary N) is 1. The van der Waals surface area contributed by atoms with Crippen LogP contribution in [0.1, 0.15) is 29.5 Å². The molecule has 0 heterocycles. The first-order valence-electron chi connectivity index (χ1n) is 5.63. The molecule has 0 radical (unpaired) electrons. The van der Waals surface area contributed by atoms with Gasteiger partial charge in [-0.1, -0.05) is 0 Å². The number of ether oxygens (including phenoxy) is 1. The number of hydrogen-bond acceptors (Lipinski definition) is 3. The van der Waals surface area contributed by atoms with Crippen molar-refractivity contribution in [3.8, 4) is 11.5 Å². The lowest BCUT2D eigenvalue weighted by molar-refractivity contribution is 0.369. The standard InChI is InChI=1S/C13H19NO2/c1-8-9(2)12(16-3)11(15)6-10(8)13(7-14)4-5-13/h6,15H,4-5,7,14H2,1-3H3. The molecule has 1 aromatic carbocycles. The van der Waals surface area contributed by atoms with Gasteiger partial charge in [0.25, 0.3) is 0 Å². The van der Waals surface area contributed by atoms with Crippen molar-refractivity contribution >= 4 is 0 Å². The third-order valence-corrected chi connectivity index (χ3v) is 3.84. The summed E-state index contributed by atoms with van der Waals surface area (Å²) in [6.07, 6.45) is 2.24. The molecule has 0 aliphatic heterocycles. The quantitative estimate of drug-likeness (QED) is 0.821. The van der Waals surface area contributed by atoms with Gasteiger partial charge in [0.15, 0.2) is 11.5 Å². The Morgan fingerprint density at radius 2 is 2.00 bits per heavy atom. The zero-order valence-corrected chi connectivity index (χ0v) is 10.1. The molecule has 1 saturated carbocycles. The van der Waals surface area contributed by atoms with E-state index in [1.165, 1.54) is 11.1 Å². The van der Waals surface area contributed by atoms with Crippen molar-refractivity contribution in [1.82, 2.24) is 0 Å². The first kappa shape index (κ1) is 11.3. The summed E-state index contributed by atoms with van der Waals surface area (Å²) in [5.74, 6) is 0.800. The van der Waals surface area contributed by atoms with Crippen LogP contribution < -0.4 is 10.5 Å². The molecule has 0 unspecified atom stereocenters. The molecule has 1 aliphatic rings. The molecule has 3 N–H and O–H groups in total. The third-order valence-electron chi connectivity index (χ3n) is 3.84. The van der Waals surface area contributed by atoms with E-state index in [1.54, 1.807) is 7.11 Å². The van der Waals surface area contributed by atoms with Gasteiger partial charge in [-0.3, -0.25) is 0 Å². The van der Waals surface area contributed by atoms with E-state index >= 15 is 0 Å². The van der Waals surface area contributed by atoms with Gasteiger partial charge >= 0.3 is 0 Å². The molecular weight excluding hydrogens is 202 g/mol. The van der Waals surface area contributed by atoms with Gasteiger partial charge in [0.05, 0.1) is 7.11 Å². The van der Waals surface area contributed by atoms with Crippen molar-refractivity contribution in [2.45, 2.75) is 32.1 Å². The number of benzene rings is 1. The lowest BCUT2D eigenvalue weighted by Gasteiger charge is -2.20. The molecule has 1 aromatic rings. The number of rotatable bonds is 3. The maximum atomic E-state index is 9.92. The first-order valence-corrected chi connectivity index (χ1v) is 5.63. The highest BCUT2D eigenvalue weighted by molar-refractivity contribution is 5.56. The molecule has 0 amide bonds. The SMILES string of the molecule is COc1c(O)cc(C2(CN)CC2)c(C)c1C. The van der Waals surface area contributed by atoms with E-state index in [-0.39, 0.29) is 11.2 Å². The minimum absolute atomic E-state index is 0.110. The van der Waals surface area contributed by atoms with Crippen LogP contribution in [0.3, 0.4) is 0 Å². The van der Waals surface area contributed by atoms with Crippen LogP contribution in [0.15, 0.2) is 6.07 Å². The lowest BCUT2D eigenvalue weighted by Crippen LogP contribution is -2.21. The van der Waals surface area contributed by atoms with Crippen molar-refractivity contribution in [1.29, 1.82) is 0 Å². The zero-order chi connectivity index (χ0) is 11.9.